The Balaban J connectivity index is 0.00000140. The molecule has 1 saturated carbocycles. The van der Waals surface area contributed by atoms with E-state index in [-0.39, 0.29) is 41.1 Å². The summed E-state index contributed by atoms with van der Waals surface area (Å²) in [5.74, 6) is 0.682. The number of hydrogen-bond donors (Lipinski definition) is 0. The number of fused-ring (bicyclic) bond motifs is 4. The zero-order chi connectivity index (χ0) is 19.3. The van der Waals surface area contributed by atoms with E-state index < -0.39 is 0 Å². The molecule has 0 spiro atoms. The standard InChI is InChI=1S/C25H35.2ClH.Zr/c1-16-21-20-15-17-11-9-10-12-18(17)19(20)13-14-25(21,8)24(6,7)23(4,5)22(16,2)3;;;/h9-12,19H,13-15H2,1-8H3;2*1H;/q;;;+2/p-2. The molecule has 0 heterocycles. The molecule has 1 fully saturated rings. The van der Waals surface area contributed by atoms with Crippen molar-refractivity contribution in [1.29, 1.82) is 0 Å². The molecular formula is C25H35Cl2Zr. The molecule has 3 aliphatic carbocycles. The first-order chi connectivity index (χ1) is 11.8. The molecule has 153 valence electrons. The van der Waals surface area contributed by atoms with Crippen molar-refractivity contribution in [3.8, 4) is 0 Å². The summed E-state index contributed by atoms with van der Waals surface area (Å²) in [5.41, 5.74) is 8.02. The summed E-state index contributed by atoms with van der Waals surface area (Å²) in [6.07, 6.45) is 3.86. The Morgan fingerprint density at radius 2 is 1.39 bits per heavy atom. The van der Waals surface area contributed by atoms with Crippen molar-refractivity contribution in [2.75, 3.05) is 0 Å². The molecule has 0 aromatic heterocycles. The molecule has 1 aromatic carbocycles. The van der Waals surface area contributed by atoms with Crippen molar-refractivity contribution < 1.29 is 49.5 Å². The van der Waals surface area contributed by atoms with Gasteiger partial charge in [-0.1, -0.05) is 0 Å². The van der Waals surface area contributed by atoms with Crippen LogP contribution in [-0.4, -0.2) is 0 Å². The minimum Gasteiger partial charge on any atom is -1.00 e. The van der Waals surface area contributed by atoms with Gasteiger partial charge in [-0.25, -0.2) is 0 Å². The van der Waals surface area contributed by atoms with E-state index in [1.54, 1.807) is 41.4 Å². The Morgan fingerprint density at radius 1 is 0.821 bits per heavy atom. The van der Waals surface area contributed by atoms with Crippen LogP contribution in [0, 0.1) is 21.7 Å². The molecule has 0 aliphatic heterocycles. The molecule has 3 heteroatoms. The van der Waals surface area contributed by atoms with Crippen LogP contribution in [0.5, 0.6) is 0 Å². The van der Waals surface area contributed by atoms with Gasteiger partial charge in [0.25, 0.3) is 0 Å². The topological polar surface area (TPSA) is 0 Å². The Hall–Kier alpha value is 0.423. The molecule has 3 aliphatic rings. The second-order valence-corrected chi connectivity index (χ2v) is 13.7. The Bertz CT molecular complexity index is 816. The maximum Gasteiger partial charge on any atom is -1.00 e. The molecule has 4 rings (SSSR count). The number of benzene rings is 1. The minimum absolute atomic E-state index is 0. The van der Waals surface area contributed by atoms with Gasteiger partial charge in [0, 0.05) is 0 Å². The molecular weight excluding hydrogens is 462 g/mol. The van der Waals surface area contributed by atoms with Crippen molar-refractivity contribution in [3.63, 3.8) is 0 Å². The largest absolute Gasteiger partial charge is 1.00 e. The maximum absolute atomic E-state index is 2.62. The monoisotopic (exact) mass is 495 g/mol. The summed E-state index contributed by atoms with van der Waals surface area (Å²) in [6, 6.07) is 9.26. The van der Waals surface area contributed by atoms with Crippen LogP contribution in [0.1, 0.15) is 85.3 Å². The molecule has 0 nitrogen and oxygen atoms in total. The van der Waals surface area contributed by atoms with Crippen molar-refractivity contribution in [2.24, 2.45) is 21.7 Å². The first-order valence-electron chi connectivity index (χ1n) is 10.4. The minimum atomic E-state index is 0. The number of allylic oxidation sites excluding steroid dienone is 2. The fourth-order valence-corrected chi connectivity index (χ4v) is 8.80. The van der Waals surface area contributed by atoms with E-state index in [0.29, 0.717) is 14.5 Å². The van der Waals surface area contributed by atoms with Crippen LogP contribution in [-0.2, 0) is 31.1 Å². The normalized spacial score (nSPS) is 36.4. The maximum atomic E-state index is 2.62. The summed E-state index contributed by atoms with van der Waals surface area (Å²) in [7, 11) is 0. The van der Waals surface area contributed by atoms with Crippen molar-refractivity contribution in [1.82, 2.24) is 0 Å². The Morgan fingerprint density at radius 3 is 2.00 bits per heavy atom. The molecule has 0 amide bonds. The van der Waals surface area contributed by atoms with Crippen LogP contribution >= 0.6 is 0 Å². The smallest absolute Gasteiger partial charge is 1.00 e. The van der Waals surface area contributed by atoms with Gasteiger partial charge in [0.1, 0.15) is 0 Å². The van der Waals surface area contributed by atoms with E-state index in [4.69, 9.17) is 0 Å². The predicted octanol–water partition coefficient (Wildman–Crippen LogP) is 1.25. The quantitative estimate of drug-likeness (QED) is 0.474. The van der Waals surface area contributed by atoms with Gasteiger partial charge < -0.3 is 24.8 Å². The Labute approximate surface area is 200 Å². The molecule has 0 N–H and O–H groups in total. The van der Waals surface area contributed by atoms with Gasteiger partial charge in [-0.3, -0.25) is 0 Å². The third-order valence-corrected chi connectivity index (χ3v) is 12.4. The van der Waals surface area contributed by atoms with E-state index >= 15 is 0 Å². The van der Waals surface area contributed by atoms with Crippen LogP contribution < -0.4 is 24.8 Å². The summed E-state index contributed by atoms with van der Waals surface area (Å²) < 4.78 is 0.295. The second kappa shape index (κ2) is 6.97. The molecule has 0 radical (unpaired) electrons. The van der Waals surface area contributed by atoms with Crippen molar-refractivity contribution in [2.45, 2.75) is 83.7 Å². The molecule has 28 heavy (non-hydrogen) atoms. The summed E-state index contributed by atoms with van der Waals surface area (Å²) in [5, 5.41) is 0. The first-order valence-corrected chi connectivity index (χ1v) is 11.6. The van der Waals surface area contributed by atoms with Gasteiger partial charge in [-0.15, -0.1) is 0 Å². The fraction of sp³-hybridized carbons (Fsp3) is 0.680. The Kier molecular flexibility index (Phi) is 6.14. The second-order valence-electron chi connectivity index (χ2n) is 11.2. The SMILES string of the molecule is C[C]1([Zr+2])C2=C3Cc4ccccc4C3CCC2(C)C(C)(C)C(C)(C)C1(C)C.[Cl-].[Cl-]. The van der Waals surface area contributed by atoms with Gasteiger partial charge in [-0.2, -0.15) is 0 Å². The van der Waals surface area contributed by atoms with E-state index in [1.807, 2.05) is 5.57 Å². The number of rotatable bonds is 0. The number of halogens is 2. The zero-order valence-corrected chi connectivity index (χ0v) is 22.7. The van der Waals surface area contributed by atoms with Crippen molar-refractivity contribution >= 4 is 0 Å². The van der Waals surface area contributed by atoms with Crippen LogP contribution in [0.4, 0.5) is 0 Å². The van der Waals surface area contributed by atoms with Crippen LogP contribution in [0.3, 0.4) is 0 Å². The first kappa shape index (κ1) is 24.7. The third kappa shape index (κ3) is 2.58. The van der Waals surface area contributed by atoms with Gasteiger partial charge in [0.05, 0.1) is 0 Å². The van der Waals surface area contributed by atoms with Crippen molar-refractivity contribution in [3.05, 3.63) is 46.5 Å². The van der Waals surface area contributed by atoms with Crippen LogP contribution in [0.15, 0.2) is 35.4 Å². The molecule has 3 unspecified atom stereocenters. The fourth-order valence-electron chi connectivity index (χ4n) is 6.96. The number of hydrogen-bond acceptors (Lipinski definition) is 0. The molecule has 0 saturated heterocycles. The summed E-state index contributed by atoms with van der Waals surface area (Å²) in [6.45, 7) is 20.6. The molecule has 0 bridgehead atoms. The van der Waals surface area contributed by atoms with E-state index in [0.717, 1.165) is 0 Å². The molecule has 1 aromatic rings. The average Bonchev–Trinajstić information content (AvgIpc) is 2.90. The zero-order valence-electron chi connectivity index (χ0n) is 18.8. The van der Waals surface area contributed by atoms with E-state index in [2.05, 4.69) is 79.7 Å². The summed E-state index contributed by atoms with van der Waals surface area (Å²) >= 11 is 1.69. The van der Waals surface area contributed by atoms with Gasteiger partial charge in [0.15, 0.2) is 0 Å². The third-order valence-electron chi connectivity index (χ3n) is 10.3. The van der Waals surface area contributed by atoms with E-state index in [1.165, 1.54) is 19.3 Å². The molecule has 3 atom stereocenters. The summed E-state index contributed by atoms with van der Waals surface area (Å²) in [4.78, 5) is 0. The van der Waals surface area contributed by atoms with Crippen LogP contribution in [0.25, 0.3) is 0 Å². The van der Waals surface area contributed by atoms with Gasteiger partial charge in [-0.05, 0) is 0 Å². The van der Waals surface area contributed by atoms with Gasteiger partial charge >= 0.3 is 177 Å². The van der Waals surface area contributed by atoms with Crippen LogP contribution in [0.2, 0.25) is 3.12 Å². The predicted molar refractivity (Wildman–Crippen MR) is 107 cm³/mol. The average molecular weight is 498 g/mol. The van der Waals surface area contributed by atoms with E-state index in [9.17, 15) is 0 Å². The van der Waals surface area contributed by atoms with Gasteiger partial charge in [0.2, 0.25) is 0 Å².